The molecule has 0 aromatic carbocycles. The largest absolute Gasteiger partial charge is 0.335 e. The Morgan fingerprint density at radius 1 is 0.485 bits per heavy atom. The predicted molar refractivity (Wildman–Crippen MR) is 133 cm³/mol. The van der Waals surface area contributed by atoms with Gasteiger partial charge in [-0.25, -0.2) is 19.9 Å². The van der Waals surface area contributed by atoms with Gasteiger partial charge in [-0.3, -0.25) is 0 Å². The topological polar surface area (TPSA) is 71.3 Å². The summed E-state index contributed by atoms with van der Waals surface area (Å²) in [6.07, 6.45) is 21.4. The van der Waals surface area contributed by atoms with E-state index in [0.29, 0.717) is 0 Å². The van der Waals surface area contributed by atoms with E-state index >= 15 is 0 Å². The van der Waals surface area contributed by atoms with Gasteiger partial charge in [0, 0.05) is 97.2 Å². The van der Waals surface area contributed by atoms with E-state index in [2.05, 4.69) is 46.3 Å². The zero-order valence-electron chi connectivity index (χ0n) is 20.0. The molecule has 0 unspecified atom stereocenters. The number of rotatable bonds is 4. The molecule has 0 amide bonds. The molecule has 33 heavy (non-hydrogen) atoms. The van der Waals surface area contributed by atoms with Crippen molar-refractivity contribution in [2.75, 3.05) is 0 Å². The molecular weight excluding hydrogens is 466 g/mol. The molecular formula is C24H32N8Zn. The van der Waals surface area contributed by atoms with Gasteiger partial charge in [-0.15, -0.1) is 0 Å². The first-order valence-electron chi connectivity index (χ1n) is 9.76. The fourth-order valence-electron chi connectivity index (χ4n) is 2.30. The van der Waals surface area contributed by atoms with Crippen LogP contribution in [0.3, 0.4) is 0 Å². The van der Waals surface area contributed by atoms with E-state index in [1.807, 2.05) is 71.2 Å². The minimum absolute atomic E-state index is 0. The fourth-order valence-corrected chi connectivity index (χ4v) is 2.30. The maximum atomic E-state index is 3.98. The van der Waals surface area contributed by atoms with E-state index in [-0.39, 0.29) is 19.5 Å². The van der Waals surface area contributed by atoms with E-state index in [0.717, 1.165) is 23.3 Å². The second-order valence-electron chi connectivity index (χ2n) is 6.40. The standard InChI is InChI=1S/4C6H8N2.Zn/c4*1-3-6-7-4-5-8(6)2;/h4*3-5H,1H2,2H3;. The summed E-state index contributed by atoms with van der Waals surface area (Å²) in [6.45, 7) is 14.3. The van der Waals surface area contributed by atoms with Crippen molar-refractivity contribution in [3.05, 3.63) is 99.2 Å². The summed E-state index contributed by atoms with van der Waals surface area (Å²) in [4.78, 5) is 15.9. The third-order valence-corrected chi connectivity index (χ3v) is 4.16. The molecule has 0 atom stereocenters. The molecule has 0 bridgehead atoms. The van der Waals surface area contributed by atoms with Crippen LogP contribution in [-0.2, 0) is 47.7 Å². The number of nitrogens with zero attached hydrogens (tertiary/aromatic N) is 8. The van der Waals surface area contributed by atoms with Gasteiger partial charge in [0.2, 0.25) is 0 Å². The van der Waals surface area contributed by atoms with Crippen molar-refractivity contribution in [3.8, 4) is 0 Å². The molecule has 0 saturated carbocycles. The molecule has 170 valence electrons. The molecule has 4 aromatic rings. The molecule has 0 aliphatic heterocycles. The number of imidazole rings is 4. The summed E-state index contributed by atoms with van der Waals surface area (Å²) >= 11 is 0. The van der Waals surface area contributed by atoms with E-state index < -0.39 is 0 Å². The quantitative estimate of drug-likeness (QED) is 0.395. The van der Waals surface area contributed by atoms with Crippen molar-refractivity contribution in [2.24, 2.45) is 28.2 Å². The molecule has 0 spiro atoms. The van der Waals surface area contributed by atoms with E-state index in [4.69, 9.17) is 0 Å². The SMILES string of the molecule is C=Cc1nccn1C.C=Cc1nccn1C.C=Cc1nccn1C.C=Cc1nccn1C.[Zn]. The van der Waals surface area contributed by atoms with Crippen molar-refractivity contribution in [3.63, 3.8) is 0 Å². The molecule has 0 aliphatic rings. The summed E-state index contributed by atoms with van der Waals surface area (Å²) in [5.41, 5.74) is 0. The van der Waals surface area contributed by atoms with Crippen LogP contribution in [0.2, 0.25) is 0 Å². The van der Waals surface area contributed by atoms with Gasteiger partial charge in [-0.05, 0) is 24.3 Å². The Morgan fingerprint density at radius 3 is 0.727 bits per heavy atom. The smallest absolute Gasteiger partial charge is 0.131 e. The average Bonchev–Trinajstić information content (AvgIpc) is 3.58. The van der Waals surface area contributed by atoms with Crippen LogP contribution in [-0.4, -0.2) is 38.2 Å². The Morgan fingerprint density at radius 2 is 0.667 bits per heavy atom. The van der Waals surface area contributed by atoms with Crippen LogP contribution in [0, 0.1) is 0 Å². The summed E-state index contributed by atoms with van der Waals surface area (Å²) in [7, 11) is 7.74. The molecule has 0 aliphatic carbocycles. The van der Waals surface area contributed by atoms with Gasteiger partial charge in [0.05, 0.1) is 0 Å². The van der Waals surface area contributed by atoms with Crippen LogP contribution in [0.15, 0.2) is 75.9 Å². The minimum Gasteiger partial charge on any atom is -0.335 e. The molecule has 4 rings (SSSR count). The molecule has 0 N–H and O–H groups in total. The summed E-state index contributed by atoms with van der Waals surface area (Å²) in [5, 5.41) is 0. The average molecular weight is 498 g/mol. The third-order valence-electron chi connectivity index (χ3n) is 4.16. The Kier molecular flexibility index (Phi) is 14.4. The maximum absolute atomic E-state index is 3.98. The van der Waals surface area contributed by atoms with Gasteiger partial charge in [0.25, 0.3) is 0 Å². The molecule has 9 heteroatoms. The molecule has 8 nitrogen and oxygen atoms in total. The number of aryl methyl sites for hydroxylation is 4. The number of aromatic nitrogens is 8. The van der Waals surface area contributed by atoms with Crippen molar-refractivity contribution in [1.29, 1.82) is 0 Å². The second kappa shape index (κ2) is 16.1. The van der Waals surface area contributed by atoms with Gasteiger partial charge >= 0.3 is 0 Å². The zero-order valence-corrected chi connectivity index (χ0v) is 23.0. The van der Waals surface area contributed by atoms with Crippen molar-refractivity contribution in [1.82, 2.24) is 38.2 Å². The van der Waals surface area contributed by atoms with Gasteiger partial charge in [0.1, 0.15) is 23.3 Å². The minimum atomic E-state index is 0. The number of hydrogen-bond donors (Lipinski definition) is 0. The summed E-state index contributed by atoms with van der Waals surface area (Å²) in [6, 6.07) is 0. The predicted octanol–water partition coefficient (Wildman–Crippen LogP) is 4.25. The van der Waals surface area contributed by atoms with Gasteiger partial charge in [0.15, 0.2) is 0 Å². The summed E-state index contributed by atoms with van der Waals surface area (Å²) < 4.78 is 7.64. The van der Waals surface area contributed by atoms with Crippen LogP contribution in [0.4, 0.5) is 0 Å². The van der Waals surface area contributed by atoms with Gasteiger partial charge < -0.3 is 18.3 Å². The molecule has 0 fully saturated rings. The first-order valence-corrected chi connectivity index (χ1v) is 9.76. The Bertz CT molecular complexity index is 936. The molecule has 4 heterocycles. The van der Waals surface area contributed by atoms with E-state index in [9.17, 15) is 0 Å². The van der Waals surface area contributed by atoms with Gasteiger partial charge in [-0.2, -0.15) is 0 Å². The molecule has 4 aromatic heterocycles. The third kappa shape index (κ3) is 10.1. The zero-order chi connectivity index (χ0) is 23.9. The summed E-state index contributed by atoms with van der Waals surface area (Å²) in [5.74, 6) is 3.63. The van der Waals surface area contributed by atoms with Crippen LogP contribution >= 0.6 is 0 Å². The first-order chi connectivity index (χ1) is 15.4. The van der Waals surface area contributed by atoms with Crippen LogP contribution in [0.25, 0.3) is 24.3 Å². The monoisotopic (exact) mass is 496 g/mol. The Balaban J connectivity index is 0.000000410. The van der Waals surface area contributed by atoms with Crippen LogP contribution in [0.5, 0.6) is 0 Å². The van der Waals surface area contributed by atoms with Gasteiger partial charge in [-0.1, -0.05) is 26.3 Å². The molecule has 0 radical (unpaired) electrons. The number of hydrogen-bond acceptors (Lipinski definition) is 4. The van der Waals surface area contributed by atoms with Crippen molar-refractivity contribution in [2.45, 2.75) is 0 Å². The van der Waals surface area contributed by atoms with Crippen LogP contribution in [0.1, 0.15) is 23.3 Å². The maximum Gasteiger partial charge on any atom is 0.131 e. The normalized spacial score (nSPS) is 8.85. The van der Waals surface area contributed by atoms with E-state index in [1.165, 1.54) is 0 Å². The van der Waals surface area contributed by atoms with Crippen molar-refractivity contribution < 1.29 is 19.5 Å². The molecule has 0 saturated heterocycles. The fraction of sp³-hybridized carbons (Fsp3) is 0.167. The Labute approximate surface area is 209 Å². The van der Waals surface area contributed by atoms with Crippen molar-refractivity contribution >= 4 is 24.3 Å². The first kappa shape index (κ1) is 29.4. The van der Waals surface area contributed by atoms with Crippen LogP contribution < -0.4 is 0 Å². The Hall–Kier alpha value is -3.58. The second-order valence-corrected chi connectivity index (χ2v) is 6.40. The van der Waals surface area contributed by atoms with E-state index in [1.54, 1.807) is 49.1 Å².